The summed E-state index contributed by atoms with van der Waals surface area (Å²) in [6, 6.07) is 61.6. The molecule has 10 rings (SSSR count). The van der Waals surface area contributed by atoms with Crippen molar-refractivity contribution < 1.29 is 4.42 Å². The fraction of sp³-hybridized carbons (Fsp3) is 0.154. The molecule has 0 aliphatic carbocycles. The maximum absolute atomic E-state index is 5.65. The third-order valence-electron chi connectivity index (χ3n) is 8.96. The Labute approximate surface area is 315 Å². The second-order valence-corrected chi connectivity index (χ2v) is 12.4. The van der Waals surface area contributed by atoms with Crippen LogP contribution in [0.5, 0.6) is 0 Å². The molecule has 0 saturated carbocycles. The van der Waals surface area contributed by atoms with Crippen LogP contribution in [-0.2, 0) is 0 Å². The van der Waals surface area contributed by atoms with Gasteiger partial charge in [-0.15, -0.1) is 0 Å². The highest BCUT2D eigenvalue weighted by molar-refractivity contribution is 6.20. The second kappa shape index (κ2) is 19.1. The van der Waals surface area contributed by atoms with E-state index >= 15 is 0 Å². The third kappa shape index (κ3) is 8.59. The summed E-state index contributed by atoms with van der Waals surface area (Å²) >= 11 is 0. The van der Waals surface area contributed by atoms with E-state index in [1.807, 2.05) is 64.1 Å². The molecule has 0 bridgehead atoms. The maximum Gasteiger partial charge on any atom is 0.135 e. The Kier molecular flexibility index (Phi) is 13.8. The summed E-state index contributed by atoms with van der Waals surface area (Å²) in [6.45, 7) is 14.4. The maximum atomic E-state index is 5.65. The fourth-order valence-corrected chi connectivity index (χ4v) is 6.69. The Balaban J connectivity index is 0.000000143. The minimum absolute atomic E-state index is 0.962. The van der Waals surface area contributed by atoms with Gasteiger partial charge in [0.05, 0.1) is 0 Å². The van der Waals surface area contributed by atoms with Crippen LogP contribution in [0.3, 0.4) is 0 Å². The molecule has 0 fully saturated rings. The first kappa shape index (κ1) is 38.3. The van der Waals surface area contributed by atoms with Crippen LogP contribution in [0.4, 0.5) is 0 Å². The summed E-state index contributed by atoms with van der Waals surface area (Å²) in [4.78, 5) is 0. The Morgan fingerprint density at radius 2 is 0.642 bits per heavy atom. The van der Waals surface area contributed by atoms with E-state index in [1.165, 1.54) is 76.6 Å². The Morgan fingerprint density at radius 1 is 0.340 bits per heavy atom. The highest BCUT2D eigenvalue weighted by atomic mass is 16.3. The first-order valence-electron chi connectivity index (χ1n) is 19.2. The standard InChI is InChI=1S/C18H12.C15H12.C12H8O.C3H8.2C2H6/c1-3-7-16-13(5-1)9-11-15-12-10-14-6-2-4-8-17(14)18(15)16;1-11-14-8-4-2-6-12(14)10-13-7-3-5-9-15(11)13;1-3-7-11-9(5-1)10-6-2-4-8-12(10)13-11;1-3-2;2*1-2/h1-12H;2-10H,1H3;1-8H;3H2,1-2H3;2*1-2H3. The zero-order valence-corrected chi connectivity index (χ0v) is 32.4. The lowest BCUT2D eigenvalue weighted by molar-refractivity contribution is 0.669. The molecule has 0 atom stereocenters. The van der Waals surface area contributed by atoms with Gasteiger partial charge in [-0.2, -0.15) is 0 Å². The summed E-state index contributed by atoms with van der Waals surface area (Å²) in [5, 5.41) is 15.7. The summed E-state index contributed by atoms with van der Waals surface area (Å²) in [5.41, 5.74) is 3.30. The van der Waals surface area contributed by atoms with Crippen molar-refractivity contribution in [3.63, 3.8) is 0 Å². The van der Waals surface area contributed by atoms with Crippen LogP contribution in [0.25, 0.3) is 75.8 Å². The fourth-order valence-electron chi connectivity index (χ4n) is 6.69. The van der Waals surface area contributed by atoms with Crippen molar-refractivity contribution in [1.29, 1.82) is 0 Å². The van der Waals surface area contributed by atoms with Gasteiger partial charge in [0.15, 0.2) is 0 Å². The summed E-state index contributed by atoms with van der Waals surface area (Å²) in [6.07, 6.45) is 1.25. The molecular formula is C52H52O. The SMILES string of the molecule is CC.CC.CCC.Cc1c2ccccc2cc2ccccc12.c1ccc2c(c1)ccc1ccc3ccccc3c12.c1ccc2c(c1)oc1ccccc12. The average Bonchev–Trinajstić information content (AvgIpc) is 3.62. The van der Waals surface area contributed by atoms with Gasteiger partial charge < -0.3 is 4.42 Å². The van der Waals surface area contributed by atoms with Crippen molar-refractivity contribution in [3.05, 3.63) is 181 Å². The van der Waals surface area contributed by atoms with Crippen molar-refractivity contribution >= 4 is 75.8 Å². The zero-order chi connectivity index (χ0) is 37.6. The van der Waals surface area contributed by atoms with Crippen LogP contribution in [0.2, 0.25) is 0 Å². The molecular weight excluding hydrogens is 641 g/mol. The van der Waals surface area contributed by atoms with Crippen LogP contribution in [-0.4, -0.2) is 0 Å². The second-order valence-electron chi connectivity index (χ2n) is 12.4. The molecule has 0 aliphatic heterocycles. The smallest absolute Gasteiger partial charge is 0.135 e. The van der Waals surface area contributed by atoms with Crippen molar-refractivity contribution in [2.45, 2.75) is 54.9 Å². The molecule has 266 valence electrons. The van der Waals surface area contributed by atoms with Crippen LogP contribution in [0.1, 0.15) is 53.5 Å². The molecule has 0 spiro atoms. The van der Waals surface area contributed by atoms with Gasteiger partial charge >= 0.3 is 0 Å². The average molecular weight is 693 g/mol. The number of hydrogen-bond acceptors (Lipinski definition) is 1. The van der Waals surface area contributed by atoms with Crippen LogP contribution in [0, 0.1) is 6.92 Å². The lowest BCUT2D eigenvalue weighted by Crippen LogP contribution is -1.81. The van der Waals surface area contributed by atoms with Crippen LogP contribution < -0.4 is 0 Å². The van der Waals surface area contributed by atoms with Gasteiger partial charge in [-0.3, -0.25) is 0 Å². The van der Waals surface area contributed by atoms with E-state index in [0.29, 0.717) is 0 Å². The monoisotopic (exact) mass is 692 g/mol. The molecule has 10 aromatic rings. The number of benzene rings is 9. The van der Waals surface area contributed by atoms with E-state index in [1.54, 1.807) is 0 Å². The molecule has 9 aromatic carbocycles. The molecule has 1 aromatic heterocycles. The minimum Gasteiger partial charge on any atom is -0.456 e. The van der Waals surface area contributed by atoms with Crippen molar-refractivity contribution in [3.8, 4) is 0 Å². The summed E-state index contributed by atoms with van der Waals surface area (Å²) in [7, 11) is 0. The highest BCUT2D eigenvalue weighted by Crippen LogP contribution is 2.32. The first-order valence-corrected chi connectivity index (χ1v) is 19.2. The molecule has 0 saturated heterocycles. The molecule has 0 unspecified atom stereocenters. The predicted molar refractivity (Wildman–Crippen MR) is 238 cm³/mol. The van der Waals surface area contributed by atoms with Gasteiger partial charge in [0.25, 0.3) is 0 Å². The number of aryl methyl sites for hydroxylation is 1. The van der Waals surface area contributed by atoms with E-state index in [4.69, 9.17) is 4.42 Å². The lowest BCUT2D eigenvalue weighted by Gasteiger charge is -2.07. The molecule has 53 heavy (non-hydrogen) atoms. The van der Waals surface area contributed by atoms with Gasteiger partial charge in [-0.25, -0.2) is 0 Å². The Morgan fingerprint density at radius 3 is 1.06 bits per heavy atom. The molecule has 0 N–H and O–H groups in total. The Bertz CT molecular complexity index is 2500. The third-order valence-corrected chi connectivity index (χ3v) is 8.96. The zero-order valence-electron chi connectivity index (χ0n) is 32.4. The van der Waals surface area contributed by atoms with Crippen molar-refractivity contribution in [2.75, 3.05) is 0 Å². The first-order chi connectivity index (χ1) is 26.2. The van der Waals surface area contributed by atoms with E-state index in [2.05, 4.69) is 160 Å². The van der Waals surface area contributed by atoms with E-state index in [-0.39, 0.29) is 0 Å². The number of furan rings is 1. The topological polar surface area (TPSA) is 13.1 Å². The van der Waals surface area contributed by atoms with E-state index in [9.17, 15) is 0 Å². The van der Waals surface area contributed by atoms with Crippen molar-refractivity contribution in [1.82, 2.24) is 0 Å². The van der Waals surface area contributed by atoms with Gasteiger partial charge in [0.1, 0.15) is 11.2 Å². The van der Waals surface area contributed by atoms with E-state index in [0.717, 1.165) is 11.2 Å². The lowest BCUT2D eigenvalue weighted by atomic mass is 9.97. The van der Waals surface area contributed by atoms with E-state index < -0.39 is 0 Å². The number of hydrogen-bond donors (Lipinski definition) is 0. The Hall–Kier alpha value is -5.92. The predicted octanol–water partition coefficient (Wildman–Crippen LogP) is 16.5. The van der Waals surface area contributed by atoms with Crippen molar-refractivity contribution in [2.24, 2.45) is 0 Å². The molecule has 0 radical (unpaired) electrons. The number of fused-ring (bicyclic) bond motifs is 10. The molecule has 0 amide bonds. The normalized spacial score (nSPS) is 10.2. The molecule has 1 heterocycles. The summed E-state index contributed by atoms with van der Waals surface area (Å²) in [5.74, 6) is 0. The molecule has 1 heteroatoms. The minimum atomic E-state index is 0.962. The molecule has 0 aliphatic rings. The van der Waals surface area contributed by atoms with Gasteiger partial charge in [-0.05, 0) is 84.5 Å². The quantitative estimate of drug-likeness (QED) is 0.114. The summed E-state index contributed by atoms with van der Waals surface area (Å²) < 4.78 is 5.65. The number of rotatable bonds is 0. The van der Waals surface area contributed by atoms with Gasteiger partial charge in [0, 0.05) is 10.8 Å². The highest BCUT2D eigenvalue weighted by Gasteiger charge is 2.05. The van der Waals surface area contributed by atoms with Gasteiger partial charge in [-0.1, -0.05) is 206 Å². The van der Waals surface area contributed by atoms with Gasteiger partial charge in [0.2, 0.25) is 0 Å². The van der Waals surface area contributed by atoms with Crippen LogP contribution in [0.15, 0.2) is 180 Å². The largest absolute Gasteiger partial charge is 0.456 e. The molecule has 1 nitrogen and oxygen atoms in total. The van der Waals surface area contributed by atoms with Crippen LogP contribution >= 0.6 is 0 Å². The number of para-hydroxylation sites is 2.